The minimum atomic E-state index is -0.386. The van der Waals surface area contributed by atoms with Crippen molar-refractivity contribution in [1.82, 2.24) is 9.55 Å². The average molecular weight is 477 g/mol. The van der Waals surface area contributed by atoms with E-state index in [0.717, 1.165) is 0 Å². The van der Waals surface area contributed by atoms with Gasteiger partial charge >= 0.3 is 0 Å². The Morgan fingerprint density at radius 3 is 2.32 bits per heavy atom. The van der Waals surface area contributed by atoms with Crippen LogP contribution in [-0.2, 0) is 0 Å². The number of carbonyl (C=O) groups excluding carboxylic acids is 2. The van der Waals surface area contributed by atoms with Crippen molar-refractivity contribution in [2.24, 2.45) is 0 Å². The van der Waals surface area contributed by atoms with E-state index in [0.29, 0.717) is 39.2 Å². The van der Waals surface area contributed by atoms with Gasteiger partial charge in [-0.2, -0.15) is 0 Å². The summed E-state index contributed by atoms with van der Waals surface area (Å²) in [5, 5.41) is 6.22. The first-order chi connectivity index (χ1) is 16.5. The lowest BCUT2D eigenvalue weighted by Gasteiger charge is -2.12. The van der Waals surface area contributed by atoms with E-state index < -0.39 is 0 Å². The number of halogens is 1. The summed E-state index contributed by atoms with van der Waals surface area (Å²) < 4.78 is 20.3. The molecule has 0 fully saturated rings. The molecule has 0 unspecified atom stereocenters. The Morgan fingerprint density at radius 2 is 1.65 bits per heavy atom. The fourth-order valence-corrected chi connectivity index (χ4v) is 3.87. The van der Waals surface area contributed by atoms with Gasteiger partial charge in [-0.05, 0) is 66.9 Å². The smallest absolute Gasteiger partial charge is 0.274 e. The van der Waals surface area contributed by atoms with Gasteiger partial charge < -0.3 is 15.4 Å². The van der Waals surface area contributed by atoms with E-state index >= 15 is 0 Å². The first-order valence-electron chi connectivity index (χ1n) is 10.2. The molecule has 0 atom stereocenters. The van der Waals surface area contributed by atoms with Crippen LogP contribution >= 0.6 is 11.8 Å². The highest BCUT2D eigenvalue weighted by molar-refractivity contribution is 7.98. The van der Waals surface area contributed by atoms with Crippen molar-refractivity contribution in [3.05, 3.63) is 96.1 Å². The molecule has 0 aliphatic carbocycles. The van der Waals surface area contributed by atoms with Gasteiger partial charge in [0.2, 0.25) is 0 Å². The second kappa shape index (κ2) is 10.2. The lowest BCUT2D eigenvalue weighted by Crippen LogP contribution is -2.17. The van der Waals surface area contributed by atoms with Gasteiger partial charge in [-0.15, -0.1) is 0 Å². The van der Waals surface area contributed by atoms with E-state index in [1.165, 1.54) is 37.2 Å². The van der Waals surface area contributed by atoms with Crippen molar-refractivity contribution in [3.63, 3.8) is 0 Å². The number of aromatic nitrogens is 2. The zero-order valence-electron chi connectivity index (χ0n) is 18.4. The molecule has 34 heavy (non-hydrogen) atoms. The maximum absolute atomic E-state index is 13.4. The largest absolute Gasteiger partial charge is 0.495 e. The quantitative estimate of drug-likeness (QED) is 0.356. The summed E-state index contributed by atoms with van der Waals surface area (Å²) in [5.74, 6) is -0.498. The van der Waals surface area contributed by atoms with Crippen LogP contribution in [0.2, 0.25) is 0 Å². The van der Waals surface area contributed by atoms with Crippen molar-refractivity contribution in [1.29, 1.82) is 0 Å². The number of anilines is 2. The van der Waals surface area contributed by atoms with Crippen LogP contribution < -0.4 is 15.4 Å². The number of nitrogens with zero attached hydrogens (tertiary/aromatic N) is 2. The summed E-state index contributed by atoms with van der Waals surface area (Å²) in [6, 6.07) is 19.5. The molecular formula is C25H21FN4O3S. The third kappa shape index (κ3) is 4.94. The Bertz CT molecular complexity index is 1320. The van der Waals surface area contributed by atoms with Crippen LogP contribution in [0.4, 0.5) is 15.8 Å². The van der Waals surface area contributed by atoms with Crippen LogP contribution in [0.25, 0.3) is 5.69 Å². The third-order valence-corrected chi connectivity index (χ3v) is 5.64. The Hall–Kier alpha value is -4.11. The lowest BCUT2D eigenvalue weighted by atomic mass is 10.2. The molecule has 0 aliphatic rings. The van der Waals surface area contributed by atoms with E-state index in [9.17, 15) is 14.0 Å². The van der Waals surface area contributed by atoms with Crippen molar-refractivity contribution in [2.45, 2.75) is 5.16 Å². The predicted molar refractivity (Wildman–Crippen MR) is 131 cm³/mol. The minimum absolute atomic E-state index is 0.300. The number of methoxy groups -OCH3 is 1. The summed E-state index contributed by atoms with van der Waals surface area (Å²) >= 11 is 1.37. The van der Waals surface area contributed by atoms with Gasteiger partial charge in [0, 0.05) is 16.9 Å². The number of carbonyl (C=O) groups is 2. The molecule has 1 heterocycles. The molecule has 3 aromatic carbocycles. The van der Waals surface area contributed by atoms with Crippen LogP contribution in [0.3, 0.4) is 0 Å². The molecule has 2 amide bonds. The van der Waals surface area contributed by atoms with Gasteiger partial charge in [-0.3, -0.25) is 14.2 Å². The highest BCUT2D eigenvalue weighted by Crippen LogP contribution is 2.25. The number of benzene rings is 3. The normalized spacial score (nSPS) is 10.6. The van der Waals surface area contributed by atoms with Crippen molar-refractivity contribution < 1.29 is 18.7 Å². The zero-order chi connectivity index (χ0) is 24.1. The molecule has 0 aliphatic heterocycles. The second-order valence-electron chi connectivity index (χ2n) is 7.13. The van der Waals surface area contributed by atoms with Crippen LogP contribution in [-0.4, -0.2) is 34.7 Å². The summed E-state index contributed by atoms with van der Waals surface area (Å²) in [5.41, 5.74) is 2.41. The molecule has 7 nitrogen and oxygen atoms in total. The molecule has 172 valence electrons. The van der Waals surface area contributed by atoms with Crippen molar-refractivity contribution in [3.8, 4) is 11.4 Å². The SMILES string of the molecule is COc1ccccc1NC(=O)c1ccc(NC(=O)c2cnc(SC)n2-c2ccc(F)cc2)cc1. The van der Waals surface area contributed by atoms with E-state index in [4.69, 9.17) is 4.74 Å². The molecule has 4 aromatic rings. The number of nitrogens with one attached hydrogen (secondary N) is 2. The summed E-state index contributed by atoms with van der Waals surface area (Å²) in [6.45, 7) is 0. The van der Waals surface area contributed by atoms with Crippen molar-refractivity contribution >= 4 is 35.0 Å². The van der Waals surface area contributed by atoms with Crippen LogP contribution in [0.5, 0.6) is 5.75 Å². The van der Waals surface area contributed by atoms with Gasteiger partial charge in [-0.1, -0.05) is 23.9 Å². The predicted octanol–water partition coefficient (Wildman–Crippen LogP) is 5.25. The lowest BCUT2D eigenvalue weighted by molar-refractivity contribution is 0.101. The highest BCUT2D eigenvalue weighted by atomic mass is 32.2. The summed E-state index contributed by atoms with van der Waals surface area (Å²) in [4.78, 5) is 29.9. The van der Waals surface area contributed by atoms with Gasteiger partial charge in [0.15, 0.2) is 5.16 Å². The first-order valence-corrected chi connectivity index (χ1v) is 11.5. The Kier molecular flexibility index (Phi) is 6.93. The van der Waals surface area contributed by atoms with Gasteiger partial charge in [0.1, 0.15) is 17.3 Å². The molecule has 2 N–H and O–H groups in total. The number of rotatable bonds is 7. The Labute approximate surface area is 200 Å². The van der Waals surface area contributed by atoms with E-state index in [-0.39, 0.29) is 17.6 Å². The molecule has 0 bridgehead atoms. The number of imidazole rings is 1. The van der Waals surface area contributed by atoms with Gasteiger partial charge in [0.25, 0.3) is 11.8 Å². The highest BCUT2D eigenvalue weighted by Gasteiger charge is 2.18. The maximum atomic E-state index is 13.4. The molecule has 0 radical (unpaired) electrons. The number of ether oxygens (including phenoxy) is 1. The minimum Gasteiger partial charge on any atom is -0.495 e. The molecule has 4 rings (SSSR count). The Balaban J connectivity index is 1.50. The first kappa shape index (κ1) is 23.1. The molecule has 0 spiro atoms. The van der Waals surface area contributed by atoms with Crippen molar-refractivity contribution in [2.75, 3.05) is 24.0 Å². The molecule has 0 saturated heterocycles. The van der Waals surface area contributed by atoms with E-state index in [2.05, 4.69) is 15.6 Å². The molecule has 9 heteroatoms. The van der Waals surface area contributed by atoms with E-state index in [1.54, 1.807) is 59.2 Å². The number of hydrogen-bond donors (Lipinski definition) is 2. The van der Waals surface area contributed by atoms with Crippen LogP contribution in [0.15, 0.2) is 84.1 Å². The van der Waals surface area contributed by atoms with Crippen LogP contribution in [0, 0.1) is 5.82 Å². The third-order valence-electron chi connectivity index (χ3n) is 4.99. The number of amides is 2. The topological polar surface area (TPSA) is 85.2 Å². The van der Waals surface area contributed by atoms with Gasteiger partial charge in [-0.25, -0.2) is 9.37 Å². The van der Waals surface area contributed by atoms with E-state index in [1.807, 2.05) is 12.3 Å². The number of para-hydroxylation sites is 2. The molecule has 1 aromatic heterocycles. The fraction of sp³-hybridized carbons (Fsp3) is 0.0800. The van der Waals surface area contributed by atoms with Crippen LogP contribution in [0.1, 0.15) is 20.8 Å². The second-order valence-corrected chi connectivity index (χ2v) is 7.90. The summed E-state index contributed by atoms with van der Waals surface area (Å²) in [6.07, 6.45) is 3.32. The number of thioether (sulfide) groups is 1. The number of hydrogen-bond acceptors (Lipinski definition) is 5. The fourth-order valence-electron chi connectivity index (χ4n) is 3.32. The van der Waals surface area contributed by atoms with Gasteiger partial charge in [0.05, 0.1) is 19.0 Å². The maximum Gasteiger partial charge on any atom is 0.274 e. The molecule has 0 saturated carbocycles. The Morgan fingerprint density at radius 1 is 0.941 bits per heavy atom. The summed E-state index contributed by atoms with van der Waals surface area (Å²) in [7, 11) is 1.53. The monoisotopic (exact) mass is 476 g/mol. The molecular weight excluding hydrogens is 455 g/mol. The average Bonchev–Trinajstić information content (AvgIpc) is 3.29. The standard InChI is InChI=1S/C25H21FN4O3S/c1-33-22-6-4-3-5-20(22)29-23(31)16-7-11-18(12-8-16)28-24(32)21-15-27-25(34-2)30(21)19-13-9-17(26)10-14-19/h3-15H,1-2H3,(H,28,32)(H,29,31). The zero-order valence-corrected chi connectivity index (χ0v) is 19.2.